The van der Waals surface area contributed by atoms with Gasteiger partial charge in [0.25, 0.3) is 5.91 Å². The van der Waals surface area contributed by atoms with Crippen LogP contribution < -0.4 is 16.8 Å². The summed E-state index contributed by atoms with van der Waals surface area (Å²) in [4.78, 5) is 55.4. The van der Waals surface area contributed by atoms with Crippen LogP contribution in [-0.4, -0.2) is 70.6 Å². The Morgan fingerprint density at radius 3 is 2.32 bits per heavy atom. The fraction of sp³-hybridized carbons (Fsp3) is 0.600. The van der Waals surface area contributed by atoms with Gasteiger partial charge in [0.15, 0.2) is 5.78 Å². The third kappa shape index (κ3) is 5.24. The summed E-state index contributed by atoms with van der Waals surface area (Å²) in [5.41, 5.74) is 12.8. The van der Waals surface area contributed by atoms with Crippen LogP contribution in [0.2, 0.25) is 0 Å². The lowest BCUT2D eigenvalue weighted by atomic mass is 9.98. The average molecular weight is 472 g/mol. The van der Waals surface area contributed by atoms with Crippen LogP contribution in [0.5, 0.6) is 0 Å². The number of carbonyl (C=O) groups excluding carboxylic acids is 4. The molecule has 0 aromatic heterocycles. The molecule has 1 aromatic rings. The fourth-order valence-corrected chi connectivity index (χ4v) is 4.82. The maximum Gasteiger partial charge on any atom is 0.251 e. The molecular weight excluding hydrogens is 434 g/mol. The standard InChI is InChI=1S/C25H37N5O4/c1-5-15(4)21(27)25(34)30-13-20(31)22-19(30)10-11-29(22)24(33)18(12-14(2)3)28-23(32)16-6-8-17(26)9-7-16/h6-9,14-15,18-19,21-22H,5,10-13,26-27H2,1-4H3,(H,28,32). The number of amides is 3. The molecule has 186 valence electrons. The fourth-order valence-electron chi connectivity index (χ4n) is 4.82. The minimum absolute atomic E-state index is 0.000221. The number of likely N-dealkylation sites (tertiary alicyclic amines) is 2. The van der Waals surface area contributed by atoms with E-state index in [0.717, 1.165) is 6.42 Å². The molecule has 5 unspecified atom stereocenters. The molecule has 9 heteroatoms. The van der Waals surface area contributed by atoms with Crippen molar-refractivity contribution in [1.82, 2.24) is 15.1 Å². The summed E-state index contributed by atoms with van der Waals surface area (Å²) >= 11 is 0. The number of nitrogens with zero attached hydrogens (tertiary/aromatic N) is 2. The van der Waals surface area contributed by atoms with Gasteiger partial charge in [-0.2, -0.15) is 0 Å². The summed E-state index contributed by atoms with van der Waals surface area (Å²) in [6.45, 7) is 8.16. The summed E-state index contributed by atoms with van der Waals surface area (Å²) in [6, 6.07) is 3.97. The van der Waals surface area contributed by atoms with Crippen LogP contribution in [-0.2, 0) is 14.4 Å². The van der Waals surface area contributed by atoms with E-state index in [2.05, 4.69) is 5.32 Å². The zero-order valence-corrected chi connectivity index (χ0v) is 20.5. The molecule has 1 aromatic carbocycles. The monoisotopic (exact) mass is 471 g/mol. The molecule has 5 N–H and O–H groups in total. The zero-order valence-electron chi connectivity index (χ0n) is 20.5. The minimum Gasteiger partial charge on any atom is -0.399 e. The molecule has 34 heavy (non-hydrogen) atoms. The van der Waals surface area contributed by atoms with Crippen molar-refractivity contribution in [2.75, 3.05) is 18.8 Å². The molecular formula is C25H37N5O4. The Morgan fingerprint density at radius 2 is 1.74 bits per heavy atom. The number of hydrogen-bond donors (Lipinski definition) is 3. The average Bonchev–Trinajstić information content (AvgIpc) is 3.38. The van der Waals surface area contributed by atoms with Crippen molar-refractivity contribution in [1.29, 1.82) is 0 Å². The number of hydrogen-bond acceptors (Lipinski definition) is 6. The molecule has 2 heterocycles. The van der Waals surface area contributed by atoms with Crippen molar-refractivity contribution in [3.8, 4) is 0 Å². The maximum atomic E-state index is 13.6. The lowest BCUT2D eigenvalue weighted by molar-refractivity contribution is -0.138. The highest BCUT2D eigenvalue weighted by atomic mass is 16.2. The number of nitrogens with two attached hydrogens (primary N) is 2. The third-order valence-electron chi connectivity index (χ3n) is 7.01. The van der Waals surface area contributed by atoms with Crippen LogP contribution in [0.1, 0.15) is 57.3 Å². The van der Waals surface area contributed by atoms with Gasteiger partial charge in [0.1, 0.15) is 12.1 Å². The van der Waals surface area contributed by atoms with Gasteiger partial charge < -0.3 is 26.6 Å². The van der Waals surface area contributed by atoms with Gasteiger partial charge in [-0.05, 0) is 48.9 Å². The highest BCUT2D eigenvalue weighted by molar-refractivity contribution is 6.01. The molecule has 2 aliphatic rings. The number of rotatable bonds is 8. The smallest absolute Gasteiger partial charge is 0.251 e. The number of Topliss-reactive ketones (excluding diaryl/α,β-unsaturated/α-hetero) is 1. The van der Waals surface area contributed by atoms with Gasteiger partial charge in [-0.25, -0.2) is 0 Å². The highest BCUT2D eigenvalue weighted by Crippen LogP contribution is 2.31. The Labute approximate surface area is 201 Å². The molecule has 2 saturated heterocycles. The van der Waals surface area contributed by atoms with Crippen molar-refractivity contribution >= 4 is 29.2 Å². The lowest BCUT2D eigenvalue weighted by Gasteiger charge is -2.30. The van der Waals surface area contributed by atoms with Gasteiger partial charge in [-0.1, -0.05) is 34.1 Å². The largest absolute Gasteiger partial charge is 0.399 e. The summed E-state index contributed by atoms with van der Waals surface area (Å²) < 4.78 is 0. The van der Waals surface area contributed by atoms with Crippen molar-refractivity contribution in [3.63, 3.8) is 0 Å². The van der Waals surface area contributed by atoms with E-state index in [1.165, 1.54) is 0 Å². The molecule has 9 nitrogen and oxygen atoms in total. The molecule has 3 amide bonds. The van der Waals surface area contributed by atoms with E-state index < -0.39 is 18.1 Å². The Balaban J connectivity index is 1.76. The molecule has 3 rings (SSSR count). The molecule has 0 aliphatic carbocycles. The summed E-state index contributed by atoms with van der Waals surface area (Å²) in [7, 11) is 0. The van der Waals surface area contributed by atoms with Crippen LogP contribution in [0.25, 0.3) is 0 Å². The van der Waals surface area contributed by atoms with Crippen molar-refractivity contribution in [2.24, 2.45) is 17.6 Å². The van der Waals surface area contributed by atoms with E-state index >= 15 is 0 Å². The van der Waals surface area contributed by atoms with E-state index in [-0.39, 0.29) is 47.9 Å². The Morgan fingerprint density at radius 1 is 1.09 bits per heavy atom. The van der Waals surface area contributed by atoms with E-state index in [4.69, 9.17) is 11.5 Å². The number of nitrogens with one attached hydrogen (secondary N) is 1. The predicted octanol–water partition coefficient (Wildman–Crippen LogP) is 1.17. The number of fused-ring (bicyclic) bond motifs is 1. The molecule has 2 aliphatic heterocycles. The van der Waals surface area contributed by atoms with Gasteiger partial charge in [-0.3, -0.25) is 19.2 Å². The quantitative estimate of drug-likeness (QED) is 0.487. The Bertz CT molecular complexity index is 932. The number of benzene rings is 1. The normalized spacial score (nSPS) is 22.5. The SMILES string of the molecule is CCC(C)C(N)C(=O)N1CC(=O)C2C1CCN2C(=O)C(CC(C)C)NC(=O)c1ccc(N)cc1. The van der Waals surface area contributed by atoms with Crippen LogP contribution in [0.15, 0.2) is 24.3 Å². The van der Waals surface area contributed by atoms with Gasteiger partial charge >= 0.3 is 0 Å². The Hall–Kier alpha value is -2.94. The third-order valence-corrected chi connectivity index (χ3v) is 7.01. The van der Waals surface area contributed by atoms with Gasteiger partial charge in [0.2, 0.25) is 11.8 Å². The van der Waals surface area contributed by atoms with E-state index in [0.29, 0.717) is 30.6 Å². The second kappa shape index (κ2) is 10.5. The number of nitrogen functional groups attached to an aromatic ring is 1. The van der Waals surface area contributed by atoms with Gasteiger partial charge in [-0.15, -0.1) is 0 Å². The second-order valence-electron chi connectivity index (χ2n) is 9.95. The van der Waals surface area contributed by atoms with Crippen LogP contribution >= 0.6 is 0 Å². The molecule has 0 bridgehead atoms. The number of ketones is 1. The van der Waals surface area contributed by atoms with Crippen LogP contribution in [0, 0.1) is 11.8 Å². The lowest BCUT2D eigenvalue weighted by Crippen LogP contribution is -2.53. The number of anilines is 1. The zero-order chi connectivity index (χ0) is 25.2. The van der Waals surface area contributed by atoms with E-state index in [1.54, 1.807) is 34.1 Å². The maximum absolute atomic E-state index is 13.6. The first-order chi connectivity index (χ1) is 16.0. The van der Waals surface area contributed by atoms with Crippen LogP contribution in [0.4, 0.5) is 5.69 Å². The summed E-state index contributed by atoms with van der Waals surface area (Å²) in [5, 5.41) is 2.85. The predicted molar refractivity (Wildman–Crippen MR) is 130 cm³/mol. The van der Waals surface area contributed by atoms with E-state index in [9.17, 15) is 19.2 Å². The topological polar surface area (TPSA) is 139 Å². The van der Waals surface area contributed by atoms with Crippen LogP contribution in [0.3, 0.4) is 0 Å². The number of carbonyl (C=O) groups is 4. The summed E-state index contributed by atoms with van der Waals surface area (Å²) in [5.74, 6) is -0.916. The first-order valence-corrected chi connectivity index (χ1v) is 12.1. The molecule has 0 spiro atoms. The molecule has 0 radical (unpaired) electrons. The van der Waals surface area contributed by atoms with Crippen molar-refractivity contribution < 1.29 is 19.2 Å². The second-order valence-corrected chi connectivity index (χ2v) is 9.95. The first-order valence-electron chi connectivity index (χ1n) is 12.1. The molecule has 0 saturated carbocycles. The summed E-state index contributed by atoms with van der Waals surface area (Å²) in [6.07, 6.45) is 1.71. The van der Waals surface area contributed by atoms with Gasteiger partial charge in [0.05, 0.1) is 18.6 Å². The van der Waals surface area contributed by atoms with Crippen molar-refractivity contribution in [3.05, 3.63) is 29.8 Å². The minimum atomic E-state index is -0.774. The molecule has 2 fully saturated rings. The van der Waals surface area contributed by atoms with Crippen molar-refractivity contribution in [2.45, 2.75) is 71.1 Å². The Kier molecular flexibility index (Phi) is 7.97. The van der Waals surface area contributed by atoms with Gasteiger partial charge in [0, 0.05) is 17.8 Å². The molecule has 5 atom stereocenters. The highest BCUT2D eigenvalue weighted by Gasteiger charge is 2.52. The van der Waals surface area contributed by atoms with E-state index in [1.807, 2.05) is 27.7 Å². The first kappa shape index (κ1) is 25.7.